The van der Waals surface area contributed by atoms with Crippen molar-refractivity contribution in [2.75, 3.05) is 13.2 Å². The first-order chi connectivity index (χ1) is 9.22. The van der Waals surface area contributed by atoms with Crippen LogP contribution in [0.2, 0.25) is 0 Å². The largest absolute Gasteiger partial charge is 0.394 e. The number of halogens is 1. The molecule has 19 heavy (non-hydrogen) atoms. The average molecular weight is 265 g/mol. The van der Waals surface area contributed by atoms with Crippen molar-refractivity contribution < 1.29 is 14.3 Å². The third-order valence-electron chi connectivity index (χ3n) is 3.71. The van der Waals surface area contributed by atoms with E-state index in [1.54, 1.807) is 23.1 Å². The van der Waals surface area contributed by atoms with Gasteiger partial charge in [0.15, 0.2) is 0 Å². The summed E-state index contributed by atoms with van der Waals surface area (Å²) in [6.07, 6.45) is 3.98. The second kappa shape index (κ2) is 6.66. The zero-order chi connectivity index (χ0) is 13.7. The number of aliphatic hydroxyl groups excluding tert-OH is 1. The SMILES string of the molecule is O=C(Cc1ccccc1F)N1CCCCCC1CO. The Morgan fingerprint density at radius 2 is 2.11 bits per heavy atom. The Morgan fingerprint density at radius 3 is 2.84 bits per heavy atom. The van der Waals surface area contributed by atoms with Gasteiger partial charge in [-0.3, -0.25) is 4.79 Å². The summed E-state index contributed by atoms with van der Waals surface area (Å²) in [5.74, 6) is -0.433. The highest BCUT2D eigenvalue weighted by molar-refractivity contribution is 5.79. The molecule has 1 saturated heterocycles. The summed E-state index contributed by atoms with van der Waals surface area (Å²) >= 11 is 0. The Kier molecular flexibility index (Phi) is 4.91. The summed E-state index contributed by atoms with van der Waals surface area (Å²) in [5, 5.41) is 9.39. The van der Waals surface area contributed by atoms with E-state index in [2.05, 4.69) is 0 Å². The molecule has 2 rings (SSSR count). The lowest BCUT2D eigenvalue weighted by Gasteiger charge is -2.28. The molecular formula is C15H20FNO2. The van der Waals surface area contributed by atoms with Crippen LogP contribution >= 0.6 is 0 Å². The van der Waals surface area contributed by atoms with Crippen LogP contribution in [0.25, 0.3) is 0 Å². The van der Waals surface area contributed by atoms with E-state index < -0.39 is 0 Å². The molecule has 1 amide bonds. The third-order valence-corrected chi connectivity index (χ3v) is 3.71. The molecule has 0 radical (unpaired) electrons. The summed E-state index contributed by atoms with van der Waals surface area (Å²) in [4.78, 5) is 14.0. The Bertz CT molecular complexity index is 436. The van der Waals surface area contributed by atoms with Gasteiger partial charge in [0.05, 0.1) is 19.1 Å². The van der Waals surface area contributed by atoms with E-state index in [1.807, 2.05) is 0 Å². The molecule has 1 unspecified atom stereocenters. The molecule has 1 aromatic rings. The van der Waals surface area contributed by atoms with E-state index in [-0.39, 0.29) is 30.8 Å². The van der Waals surface area contributed by atoms with Crippen molar-refractivity contribution in [3.63, 3.8) is 0 Å². The number of aliphatic hydroxyl groups is 1. The molecule has 1 atom stereocenters. The highest BCUT2D eigenvalue weighted by Crippen LogP contribution is 2.18. The lowest BCUT2D eigenvalue weighted by Crippen LogP contribution is -2.43. The molecule has 104 valence electrons. The van der Waals surface area contributed by atoms with Crippen molar-refractivity contribution in [2.24, 2.45) is 0 Å². The summed E-state index contributed by atoms with van der Waals surface area (Å²) in [7, 11) is 0. The summed E-state index contributed by atoms with van der Waals surface area (Å²) in [6.45, 7) is 0.654. The molecule has 0 aromatic heterocycles. The van der Waals surface area contributed by atoms with Gasteiger partial charge in [-0.2, -0.15) is 0 Å². The van der Waals surface area contributed by atoms with Gasteiger partial charge in [-0.05, 0) is 24.5 Å². The Labute approximate surface area is 113 Å². The molecule has 1 fully saturated rings. The first-order valence-corrected chi connectivity index (χ1v) is 6.86. The minimum atomic E-state index is -0.341. The Morgan fingerprint density at radius 1 is 1.32 bits per heavy atom. The third kappa shape index (κ3) is 3.53. The molecule has 1 aliphatic rings. The van der Waals surface area contributed by atoms with E-state index in [4.69, 9.17) is 0 Å². The van der Waals surface area contributed by atoms with Crippen molar-refractivity contribution >= 4 is 5.91 Å². The molecule has 0 spiro atoms. The highest BCUT2D eigenvalue weighted by Gasteiger charge is 2.25. The van der Waals surface area contributed by atoms with Crippen molar-refractivity contribution in [3.8, 4) is 0 Å². The van der Waals surface area contributed by atoms with E-state index in [9.17, 15) is 14.3 Å². The van der Waals surface area contributed by atoms with Crippen molar-refractivity contribution in [1.29, 1.82) is 0 Å². The summed E-state index contributed by atoms with van der Waals surface area (Å²) < 4.78 is 13.6. The van der Waals surface area contributed by atoms with Gasteiger partial charge in [0, 0.05) is 6.54 Å². The number of carbonyl (C=O) groups excluding carboxylic acids is 1. The zero-order valence-electron chi connectivity index (χ0n) is 11.0. The minimum absolute atomic E-state index is 0.0109. The van der Waals surface area contributed by atoms with Gasteiger partial charge >= 0.3 is 0 Å². The highest BCUT2D eigenvalue weighted by atomic mass is 19.1. The first kappa shape index (κ1) is 14.0. The van der Waals surface area contributed by atoms with Crippen LogP contribution in [0.3, 0.4) is 0 Å². The monoisotopic (exact) mass is 265 g/mol. The molecular weight excluding hydrogens is 245 g/mol. The summed E-state index contributed by atoms with van der Waals surface area (Å²) in [6, 6.07) is 6.25. The van der Waals surface area contributed by atoms with Crippen LogP contribution in [0.4, 0.5) is 4.39 Å². The maximum atomic E-state index is 13.6. The molecule has 1 aliphatic heterocycles. The summed E-state index contributed by atoms with van der Waals surface area (Å²) in [5.41, 5.74) is 0.424. The standard InChI is InChI=1S/C15H20FNO2/c16-14-8-4-3-6-12(14)10-15(19)17-9-5-1-2-7-13(17)11-18/h3-4,6,8,13,18H,1-2,5,7,9-11H2. The van der Waals surface area contributed by atoms with Crippen LogP contribution in [-0.2, 0) is 11.2 Å². The molecule has 0 aliphatic carbocycles. The number of hydrogen-bond donors (Lipinski definition) is 1. The van der Waals surface area contributed by atoms with E-state index in [1.165, 1.54) is 6.07 Å². The van der Waals surface area contributed by atoms with Crippen LogP contribution < -0.4 is 0 Å². The molecule has 1 N–H and O–H groups in total. The molecule has 1 heterocycles. The zero-order valence-corrected chi connectivity index (χ0v) is 11.0. The van der Waals surface area contributed by atoms with E-state index in [0.717, 1.165) is 25.7 Å². The smallest absolute Gasteiger partial charge is 0.227 e. The lowest BCUT2D eigenvalue weighted by molar-refractivity contribution is -0.133. The fraction of sp³-hybridized carbons (Fsp3) is 0.533. The Balaban J connectivity index is 2.07. The normalized spacial score (nSPS) is 20.1. The van der Waals surface area contributed by atoms with Gasteiger partial charge in [0.2, 0.25) is 5.91 Å². The van der Waals surface area contributed by atoms with Gasteiger partial charge in [-0.15, -0.1) is 0 Å². The van der Waals surface area contributed by atoms with Crippen LogP contribution in [0, 0.1) is 5.82 Å². The van der Waals surface area contributed by atoms with Gasteiger partial charge < -0.3 is 10.0 Å². The van der Waals surface area contributed by atoms with Gasteiger partial charge in [-0.1, -0.05) is 31.0 Å². The second-order valence-corrected chi connectivity index (χ2v) is 5.04. The van der Waals surface area contributed by atoms with Gasteiger partial charge in [0.1, 0.15) is 5.82 Å². The number of likely N-dealkylation sites (tertiary alicyclic amines) is 1. The molecule has 0 saturated carbocycles. The van der Waals surface area contributed by atoms with Crippen molar-refractivity contribution in [2.45, 2.75) is 38.1 Å². The number of benzene rings is 1. The Hall–Kier alpha value is -1.42. The molecule has 4 heteroatoms. The first-order valence-electron chi connectivity index (χ1n) is 6.86. The molecule has 3 nitrogen and oxygen atoms in total. The van der Waals surface area contributed by atoms with E-state index >= 15 is 0 Å². The minimum Gasteiger partial charge on any atom is -0.394 e. The predicted molar refractivity (Wildman–Crippen MR) is 71.2 cm³/mol. The van der Waals surface area contributed by atoms with Crippen LogP contribution in [0.5, 0.6) is 0 Å². The number of rotatable bonds is 3. The fourth-order valence-electron chi connectivity index (χ4n) is 2.60. The number of amides is 1. The van der Waals surface area contributed by atoms with Crippen molar-refractivity contribution in [3.05, 3.63) is 35.6 Å². The second-order valence-electron chi connectivity index (χ2n) is 5.04. The topological polar surface area (TPSA) is 40.5 Å². The predicted octanol–water partition coefficient (Wildman–Crippen LogP) is 2.13. The van der Waals surface area contributed by atoms with Crippen LogP contribution in [0.15, 0.2) is 24.3 Å². The number of carbonyl (C=O) groups is 1. The van der Waals surface area contributed by atoms with Gasteiger partial charge in [0.25, 0.3) is 0 Å². The maximum absolute atomic E-state index is 13.6. The van der Waals surface area contributed by atoms with Crippen LogP contribution in [0.1, 0.15) is 31.2 Å². The molecule has 1 aromatic carbocycles. The number of nitrogens with zero attached hydrogens (tertiary/aromatic N) is 1. The van der Waals surface area contributed by atoms with Crippen LogP contribution in [-0.4, -0.2) is 35.1 Å². The fourth-order valence-corrected chi connectivity index (χ4v) is 2.60. The number of hydrogen-bond acceptors (Lipinski definition) is 2. The molecule has 0 bridgehead atoms. The van der Waals surface area contributed by atoms with Gasteiger partial charge in [-0.25, -0.2) is 4.39 Å². The lowest BCUT2D eigenvalue weighted by atomic mass is 10.1. The quantitative estimate of drug-likeness (QED) is 0.909. The average Bonchev–Trinajstić information content (AvgIpc) is 2.66. The maximum Gasteiger partial charge on any atom is 0.227 e. The van der Waals surface area contributed by atoms with E-state index in [0.29, 0.717) is 12.1 Å². The van der Waals surface area contributed by atoms with Crippen molar-refractivity contribution in [1.82, 2.24) is 4.90 Å².